The Bertz CT molecular complexity index is 579. The third-order valence-corrected chi connectivity index (χ3v) is 4.21. The van der Waals surface area contributed by atoms with Gasteiger partial charge in [0.15, 0.2) is 10.8 Å². The van der Waals surface area contributed by atoms with Crippen LogP contribution in [0.1, 0.15) is 19.3 Å². The lowest BCUT2D eigenvalue weighted by molar-refractivity contribution is 0.553. The molecule has 5 heteroatoms. The molecule has 3 heterocycles. The molecule has 88 valence electrons. The predicted molar refractivity (Wildman–Crippen MR) is 66.5 cm³/mol. The zero-order chi connectivity index (χ0) is 11.4. The van der Waals surface area contributed by atoms with Gasteiger partial charge in [0.1, 0.15) is 0 Å². The molecule has 4 rings (SSSR count). The fourth-order valence-electron chi connectivity index (χ4n) is 3.30. The van der Waals surface area contributed by atoms with E-state index in [1.807, 2.05) is 12.3 Å². The molecule has 0 N–H and O–H groups in total. The standard InChI is InChI=1S/C12H13ClN4/c13-11-6-10(12-14-3-4-17(12)15-11)16-7-8-1-2-9(16)5-8/h3-4,6,8-9H,1-2,5,7H2/t8-,9?/m0/s1. The predicted octanol–water partition coefficient (Wildman–Crippen LogP) is 2.37. The van der Waals surface area contributed by atoms with Crippen LogP contribution in [-0.2, 0) is 0 Å². The molecule has 17 heavy (non-hydrogen) atoms. The summed E-state index contributed by atoms with van der Waals surface area (Å²) in [5.41, 5.74) is 2.06. The number of anilines is 1. The van der Waals surface area contributed by atoms with Crippen molar-refractivity contribution in [2.24, 2.45) is 5.92 Å². The highest BCUT2D eigenvalue weighted by molar-refractivity contribution is 6.29. The maximum absolute atomic E-state index is 6.07. The van der Waals surface area contributed by atoms with E-state index in [4.69, 9.17) is 11.6 Å². The largest absolute Gasteiger partial charge is 0.365 e. The van der Waals surface area contributed by atoms with Gasteiger partial charge in [-0.15, -0.1) is 0 Å². The Morgan fingerprint density at radius 3 is 3.06 bits per heavy atom. The zero-order valence-electron chi connectivity index (χ0n) is 9.38. The van der Waals surface area contributed by atoms with Crippen molar-refractivity contribution >= 4 is 22.9 Å². The number of halogens is 1. The lowest BCUT2D eigenvalue weighted by atomic mass is 10.1. The van der Waals surface area contributed by atoms with Crippen molar-refractivity contribution in [3.63, 3.8) is 0 Å². The summed E-state index contributed by atoms with van der Waals surface area (Å²) in [6, 6.07) is 2.63. The summed E-state index contributed by atoms with van der Waals surface area (Å²) in [6.45, 7) is 1.15. The minimum absolute atomic E-state index is 0.535. The number of nitrogens with zero attached hydrogens (tertiary/aromatic N) is 4. The fourth-order valence-corrected chi connectivity index (χ4v) is 3.49. The smallest absolute Gasteiger partial charge is 0.177 e. The Morgan fingerprint density at radius 2 is 2.29 bits per heavy atom. The molecule has 0 spiro atoms. The summed E-state index contributed by atoms with van der Waals surface area (Å²) in [6.07, 6.45) is 7.63. The summed E-state index contributed by atoms with van der Waals surface area (Å²) in [5, 5.41) is 4.76. The molecule has 1 aliphatic heterocycles. The first kappa shape index (κ1) is 9.71. The second-order valence-corrected chi connectivity index (χ2v) is 5.42. The van der Waals surface area contributed by atoms with Gasteiger partial charge in [-0.3, -0.25) is 0 Å². The Morgan fingerprint density at radius 1 is 1.35 bits per heavy atom. The van der Waals surface area contributed by atoms with Crippen LogP contribution in [0.4, 0.5) is 5.69 Å². The van der Waals surface area contributed by atoms with Gasteiger partial charge in [-0.1, -0.05) is 11.6 Å². The van der Waals surface area contributed by atoms with Crippen LogP contribution >= 0.6 is 11.6 Å². The zero-order valence-corrected chi connectivity index (χ0v) is 10.1. The van der Waals surface area contributed by atoms with Crippen molar-refractivity contribution in [2.75, 3.05) is 11.4 Å². The number of fused-ring (bicyclic) bond motifs is 3. The van der Waals surface area contributed by atoms with Crippen LogP contribution in [0.15, 0.2) is 18.5 Å². The Balaban J connectivity index is 1.87. The molecule has 2 fully saturated rings. The molecule has 2 aromatic rings. The number of imidazole rings is 1. The minimum Gasteiger partial charge on any atom is -0.365 e. The lowest BCUT2D eigenvalue weighted by Crippen LogP contribution is -2.32. The molecule has 0 aromatic carbocycles. The molecule has 4 nitrogen and oxygen atoms in total. The highest BCUT2D eigenvalue weighted by Gasteiger charge is 2.38. The Hall–Kier alpha value is -1.29. The van der Waals surface area contributed by atoms with E-state index in [1.165, 1.54) is 19.3 Å². The van der Waals surface area contributed by atoms with E-state index in [0.717, 1.165) is 23.8 Å². The maximum Gasteiger partial charge on any atom is 0.177 e. The van der Waals surface area contributed by atoms with Crippen LogP contribution in [0.5, 0.6) is 0 Å². The Labute approximate surface area is 104 Å². The van der Waals surface area contributed by atoms with E-state index in [2.05, 4.69) is 15.0 Å². The van der Waals surface area contributed by atoms with Crippen LogP contribution in [0, 0.1) is 5.92 Å². The fraction of sp³-hybridized carbons (Fsp3) is 0.500. The quantitative estimate of drug-likeness (QED) is 0.777. The number of rotatable bonds is 1. The summed E-state index contributed by atoms with van der Waals surface area (Å²) in [7, 11) is 0. The molecule has 0 amide bonds. The molecule has 1 saturated carbocycles. The summed E-state index contributed by atoms with van der Waals surface area (Å²) < 4.78 is 1.77. The topological polar surface area (TPSA) is 33.4 Å². The van der Waals surface area contributed by atoms with Crippen molar-refractivity contribution in [3.8, 4) is 0 Å². The highest BCUT2D eigenvalue weighted by atomic mass is 35.5. The van der Waals surface area contributed by atoms with Crippen LogP contribution in [0.2, 0.25) is 5.15 Å². The lowest BCUT2D eigenvalue weighted by Gasteiger charge is -2.29. The van der Waals surface area contributed by atoms with E-state index in [1.54, 1.807) is 10.7 Å². The SMILES string of the molecule is Clc1cc(N2C[C@H]3CCC2C3)c2nccn2n1. The summed E-state index contributed by atoms with van der Waals surface area (Å²) in [4.78, 5) is 6.85. The normalized spacial score (nSPS) is 27.2. The molecule has 2 aromatic heterocycles. The van der Waals surface area contributed by atoms with Crippen LogP contribution < -0.4 is 4.90 Å². The van der Waals surface area contributed by atoms with Gasteiger partial charge in [0.2, 0.25) is 0 Å². The first-order valence-electron chi connectivity index (χ1n) is 6.08. The van der Waals surface area contributed by atoms with E-state index >= 15 is 0 Å². The van der Waals surface area contributed by atoms with Gasteiger partial charge in [-0.2, -0.15) is 5.10 Å². The van der Waals surface area contributed by atoms with Crippen LogP contribution in [0.3, 0.4) is 0 Å². The number of aromatic nitrogens is 3. The maximum atomic E-state index is 6.07. The Kier molecular flexibility index (Phi) is 1.92. The summed E-state index contributed by atoms with van der Waals surface area (Å²) in [5.74, 6) is 0.863. The van der Waals surface area contributed by atoms with Crippen molar-refractivity contribution in [1.29, 1.82) is 0 Å². The second kappa shape index (κ2) is 3.35. The summed E-state index contributed by atoms with van der Waals surface area (Å²) >= 11 is 6.07. The van der Waals surface area contributed by atoms with Crippen molar-refractivity contribution in [3.05, 3.63) is 23.6 Å². The molecule has 2 bridgehead atoms. The van der Waals surface area contributed by atoms with Gasteiger partial charge >= 0.3 is 0 Å². The van der Waals surface area contributed by atoms with Crippen molar-refractivity contribution in [1.82, 2.24) is 14.6 Å². The van der Waals surface area contributed by atoms with Crippen molar-refractivity contribution in [2.45, 2.75) is 25.3 Å². The van der Waals surface area contributed by atoms with E-state index in [-0.39, 0.29) is 0 Å². The van der Waals surface area contributed by atoms with Crippen molar-refractivity contribution < 1.29 is 0 Å². The van der Waals surface area contributed by atoms with E-state index in [0.29, 0.717) is 11.2 Å². The van der Waals surface area contributed by atoms with Gasteiger partial charge in [-0.05, 0) is 25.2 Å². The van der Waals surface area contributed by atoms with E-state index in [9.17, 15) is 0 Å². The molecule has 2 aliphatic rings. The molecular weight excluding hydrogens is 236 g/mol. The molecule has 1 aliphatic carbocycles. The molecular formula is C12H13ClN4. The van der Waals surface area contributed by atoms with Gasteiger partial charge < -0.3 is 4.90 Å². The molecule has 2 atom stereocenters. The van der Waals surface area contributed by atoms with E-state index < -0.39 is 0 Å². The van der Waals surface area contributed by atoms with Gasteiger partial charge in [-0.25, -0.2) is 9.50 Å². The monoisotopic (exact) mass is 248 g/mol. The number of hydrogen-bond acceptors (Lipinski definition) is 3. The first-order chi connectivity index (χ1) is 8.31. The molecule has 0 radical (unpaired) electrons. The third kappa shape index (κ3) is 1.37. The van der Waals surface area contributed by atoms with Gasteiger partial charge in [0.05, 0.1) is 5.69 Å². The average Bonchev–Trinajstić information content (AvgIpc) is 3.02. The highest BCUT2D eigenvalue weighted by Crippen LogP contribution is 2.41. The van der Waals surface area contributed by atoms with Crippen LogP contribution in [0.25, 0.3) is 5.65 Å². The molecule has 1 saturated heterocycles. The van der Waals surface area contributed by atoms with Gasteiger partial charge in [0, 0.05) is 31.0 Å². The van der Waals surface area contributed by atoms with Gasteiger partial charge in [0.25, 0.3) is 0 Å². The molecule has 1 unspecified atom stereocenters. The first-order valence-corrected chi connectivity index (χ1v) is 6.45. The average molecular weight is 249 g/mol. The number of piperidine rings is 1. The second-order valence-electron chi connectivity index (χ2n) is 5.03. The third-order valence-electron chi connectivity index (χ3n) is 4.03. The minimum atomic E-state index is 0.535. The van der Waals surface area contributed by atoms with Crippen LogP contribution in [-0.4, -0.2) is 27.2 Å². The number of hydrogen-bond donors (Lipinski definition) is 0.